The van der Waals surface area contributed by atoms with Crippen LogP contribution in [0.4, 0.5) is 0 Å². The Kier molecular flexibility index (Phi) is 2.64. The van der Waals surface area contributed by atoms with Gasteiger partial charge in [-0.25, -0.2) is 4.98 Å². The van der Waals surface area contributed by atoms with Gasteiger partial charge in [0, 0.05) is 22.7 Å². The zero-order valence-electron chi connectivity index (χ0n) is 9.84. The number of aromatic nitrogens is 3. The van der Waals surface area contributed by atoms with Crippen LogP contribution in [0, 0.1) is 11.6 Å². The Labute approximate surface area is 110 Å². The van der Waals surface area contributed by atoms with Crippen molar-refractivity contribution in [2.24, 2.45) is 0 Å². The van der Waals surface area contributed by atoms with Crippen LogP contribution in [-0.2, 0) is 0 Å². The molecule has 0 saturated carbocycles. The molecule has 3 nitrogen and oxygen atoms in total. The fourth-order valence-electron chi connectivity index (χ4n) is 1.99. The Bertz CT molecular complexity index is 777. The van der Waals surface area contributed by atoms with E-state index < -0.39 is 0 Å². The summed E-state index contributed by atoms with van der Waals surface area (Å²) in [7, 11) is 0. The van der Waals surface area contributed by atoms with E-state index in [1.807, 2.05) is 19.1 Å². The van der Waals surface area contributed by atoms with Gasteiger partial charge >= 0.3 is 0 Å². The van der Waals surface area contributed by atoms with Crippen LogP contribution < -0.4 is 0 Å². The van der Waals surface area contributed by atoms with E-state index in [4.69, 9.17) is 12.2 Å². The molecule has 18 heavy (non-hydrogen) atoms. The Balaban J connectivity index is 2.26. The van der Waals surface area contributed by atoms with E-state index in [1.165, 1.54) is 0 Å². The first kappa shape index (κ1) is 11.0. The summed E-state index contributed by atoms with van der Waals surface area (Å²) in [5.41, 5.74) is 4.04. The quantitative estimate of drug-likeness (QED) is 0.673. The number of hydrogen-bond donors (Lipinski definition) is 1. The lowest BCUT2D eigenvalue weighted by Gasteiger charge is -2.06. The molecule has 0 atom stereocenters. The number of H-pyrrole nitrogens is 1. The van der Waals surface area contributed by atoms with Crippen molar-refractivity contribution in [3.63, 3.8) is 0 Å². The molecule has 0 spiro atoms. The Morgan fingerprint density at radius 3 is 2.94 bits per heavy atom. The van der Waals surface area contributed by atoms with Crippen molar-refractivity contribution >= 4 is 23.1 Å². The van der Waals surface area contributed by atoms with E-state index in [-0.39, 0.29) is 0 Å². The summed E-state index contributed by atoms with van der Waals surface area (Å²) >= 11 is 5.19. The predicted molar refractivity (Wildman–Crippen MR) is 74.9 cm³/mol. The molecule has 0 aliphatic carbocycles. The maximum absolute atomic E-state index is 5.19. The van der Waals surface area contributed by atoms with Gasteiger partial charge in [0.25, 0.3) is 0 Å². The summed E-state index contributed by atoms with van der Waals surface area (Å²) in [5.74, 6) is 0. The number of hydrogen-bond acceptors (Lipinski definition) is 3. The highest BCUT2D eigenvalue weighted by Crippen LogP contribution is 2.24. The zero-order chi connectivity index (χ0) is 12.5. The molecule has 0 bridgehead atoms. The molecule has 3 rings (SSSR count). The number of rotatable bonds is 1. The standard InChI is InChI=1S/C14H11N3S/c1-9-13(16-8-17-14(9)18)11-5-4-10-3-2-6-15-12(10)7-11/h2-8H,1H3,(H,16,17,18). The van der Waals surface area contributed by atoms with E-state index in [1.54, 1.807) is 12.5 Å². The van der Waals surface area contributed by atoms with Crippen LogP contribution in [0.2, 0.25) is 0 Å². The van der Waals surface area contributed by atoms with E-state index in [0.717, 1.165) is 27.7 Å². The Hall–Kier alpha value is -2.07. The summed E-state index contributed by atoms with van der Waals surface area (Å²) in [6, 6.07) is 10.2. The summed E-state index contributed by atoms with van der Waals surface area (Å²) in [6.07, 6.45) is 3.43. The van der Waals surface area contributed by atoms with Crippen LogP contribution in [0.15, 0.2) is 42.9 Å². The first-order valence-corrected chi connectivity index (χ1v) is 6.06. The third-order valence-electron chi connectivity index (χ3n) is 2.98. The van der Waals surface area contributed by atoms with Gasteiger partial charge in [-0.15, -0.1) is 0 Å². The molecule has 2 heterocycles. The van der Waals surface area contributed by atoms with E-state index >= 15 is 0 Å². The first-order chi connectivity index (χ1) is 8.75. The fraction of sp³-hybridized carbons (Fsp3) is 0.0714. The lowest BCUT2D eigenvalue weighted by Crippen LogP contribution is -1.91. The van der Waals surface area contributed by atoms with Gasteiger partial charge in [-0.1, -0.05) is 30.4 Å². The van der Waals surface area contributed by atoms with Gasteiger partial charge in [-0.3, -0.25) is 4.98 Å². The van der Waals surface area contributed by atoms with Gasteiger partial charge in [0.2, 0.25) is 0 Å². The maximum Gasteiger partial charge on any atom is 0.132 e. The second-order valence-corrected chi connectivity index (χ2v) is 4.51. The van der Waals surface area contributed by atoms with E-state index in [0.29, 0.717) is 4.64 Å². The highest BCUT2D eigenvalue weighted by molar-refractivity contribution is 7.71. The summed E-state index contributed by atoms with van der Waals surface area (Å²) in [6.45, 7) is 1.98. The van der Waals surface area contributed by atoms with Gasteiger partial charge in [0.05, 0.1) is 17.5 Å². The van der Waals surface area contributed by atoms with Crippen LogP contribution in [-0.4, -0.2) is 15.0 Å². The number of fused-ring (bicyclic) bond motifs is 1. The monoisotopic (exact) mass is 253 g/mol. The van der Waals surface area contributed by atoms with Crippen molar-refractivity contribution in [2.75, 3.05) is 0 Å². The van der Waals surface area contributed by atoms with Crippen LogP contribution >= 0.6 is 12.2 Å². The van der Waals surface area contributed by atoms with Crippen LogP contribution in [0.1, 0.15) is 5.56 Å². The number of aromatic amines is 1. The van der Waals surface area contributed by atoms with Crippen LogP contribution in [0.5, 0.6) is 0 Å². The van der Waals surface area contributed by atoms with Gasteiger partial charge < -0.3 is 4.98 Å². The average molecular weight is 253 g/mol. The molecule has 0 amide bonds. The minimum absolute atomic E-state index is 0.630. The van der Waals surface area contributed by atoms with Gasteiger partial charge in [0.1, 0.15) is 4.64 Å². The lowest BCUT2D eigenvalue weighted by molar-refractivity contribution is 1.12. The second kappa shape index (κ2) is 4.31. The topological polar surface area (TPSA) is 41.6 Å². The molecule has 3 aromatic rings. The number of pyridine rings is 1. The molecule has 0 aliphatic heterocycles. The summed E-state index contributed by atoms with van der Waals surface area (Å²) < 4.78 is 0.630. The molecule has 2 aromatic heterocycles. The van der Waals surface area contributed by atoms with Gasteiger partial charge in [-0.2, -0.15) is 0 Å². The zero-order valence-corrected chi connectivity index (χ0v) is 10.7. The highest BCUT2D eigenvalue weighted by Gasteiger charge is 2.05. The van der Waals surface area contributed by atoms with Crippen molar-refractivity contribution < 1.29 is 0 Å². The molecular weight excluding hydrogens is 242 g/mol. The minimum atomic E-state index is 0.630. The summed E-state index contributed by atoms with van der Waals surface area (Å²) in [4.78, 5) is 11.6. The molecule has 88 valence electrons. The average Bonchev–Trinajstić information content (AvgIpc) is 2.41. The molecule has 0 fully saturated rings. The molecule has 4 heteroatoms. The lowest BCUT2D eigenvalue weighted by atomic mass is 10.1. The van der Waals surface area contributed by atoms with Gasteiger partial charge in [0.15, 0.2) is 0 Å². The predicted octanol–water partition coefficient (Wildman–Crippen LogP) is 3.66. The van der Waals surface area contributed by atoms with Gasteiger partial charge in [-0.05, 0) is 19.1 Å². The minimum Gasteiger partial charge on any atom is -0.346 e. The first-order valence-electron chi connectivity index (χ1n) is 5.65. The molecule has 0 saturated heterocycles. The molecule has 1 aromatic carbocycles. The van der Waals surface area contributed by atoms with Crippen LogP contribution in [0.25, 0.3) is 22.2 Å². The highest BCUT2D eigenvalue weighted by atomic mass is 32.1. The van der Waals surface area contributed by atoms with Crippen molar-refractivity contribution in [1.29, 1.82) is 0 Å². The Morgan fingerprint density at radius 1 is 1.17 bits per heavy atom. The molecule has 1 N–H and O–H groups in total. The normalized spacial score (nSPS) is 10.7. The van der Waals surface area contributed by atoms with Crippen molar-refractivity contribution in [1.82, 2.24) is 15.0 Å². The smallest absolute Gasteiger partial charge is 0.132 e. The second-order valence-electron chi connectivity index (χ2n) is 4.12. The Morgan fingerprint density at radius 2 is 2.06 bits per heavy atom. The number of benzene rings is 1. The van der Waals surface area contributed by atoms with E-state index in [9.17, 15) is 0 Å². The molecule has 0 radical (unpaired) electrons. The van der Waals surface area contributed by atoms with E-state index in [2.05, 4.69) is 33.2 Å². The number of nitrogens with zero attached hydrogens (tertiary/aromatic N) is 2. The third kappa shape index (κ3) is 1.80. The number of nitrogens with one attached hydrogen (secondary N) is 1. The van der Waals surface area contributed by atoms with Crippen molar-refractivity contribution in [3.8, 4) is 11.3 Å². The molecular formula is C14H11N3S. The summed E-state index contributed by atoms with van der Waals surface area (Å²) in [5, 5.41) is 1.13. The largest absolute Gasteiger partial charge is 0.346 e. The SMILES string of the molecule is Cc1c(-c2ccc3cccnc3c2)[nH]cnc1=S. The molecule has 0 aliphatic rings. The third-order valence-corrected chi connectivity index (χ3v) is 3.39. The fourth-order valence-corrected chi connectivity index (χ4v) is 2.14. The maximum atomic E-state index is 5.19. The van der Waals surface area contributed by atoms with Crippen molar-refractivity contribution in [3.05, 3.63) is 53.1 Å². The van der Waals surface area contributed by atoms with Crippen molar-refractivity contribution in [2.45, 2.75) is 6.92 Å². The molecule has 0 unspecified atom stereocenters. The van der Waals surface area contributed by atoms with Crippen LogP contribution in [0.3, 0.4) is 0 Å².